The molecule has 3 rings (SSSR count). The molecule has 7 nitrogen and oxygen atoms in total. The molecule has 1 amide bonds. The molecule has 3 aromatic carbocycles. The minimum Gasteiger partial charge on any atom is -0.490 e. The van der Waals surface area contributed by atoms with Gasteiger partial charge in [0, 0.05) is 17.8 Å². The highest BCUT2D eigenvalue weighted by molar-refractivity contribution is 7.92. The van der Waals surface area contributed by atoms with Gasteiger partial charge >= 0.3 is 0 Å². The summed E-state index contributed by atoms with van der Waals surface area (Å²) in [6.07, 6.45) is 0.610. The number of ether oxygens (including phenoxy) is 2. The van der Waals surface area contributed by atoms with Crippen molar-refractivity contribution in [1.82, 2.24) is 5.32 Å². The minimum absolute atomic E-state index is 0.154. The van der Waals surface area contributed by atoms with Crippen molar-refractivity contribution in [1.29, 1.82) is 0 Å². The fraction of sp³-hybridized carbons (Fsp3) is 0.240. The van der Waals surface area contributed by atoms with E-state index in [1.165, 1.54) is 18.2 Å². The number of nitrogens with one attached hydrogen (secondary N) is 2. The van der Waals surface area contributed by atoms with Gasteiger partial charge in [-0.1, -0.05) is 30.3 Å². The quantitative estimate of drug-likeness (QED) is 0.439. The number of carbonyl (C=O) groups excluding carboxylic acids is 1. The lowest BCUT2D eigenvalue weighted by atomic mass is 10.1. The standard InChI is InChI=1S/C25H28N2O5S/c1-3-31-23-14-13-19(17-24(23)32-4-2)15-16-26-25(28)20-9-8-10-21(18-20)27-33(29,30)22-11-6-5-7-12-22/h5-14,17-18,27H,3-4,15-16H2,1-2H3,(H,26,28). The Hall–Kier alpha value is -3.52. The fourth-order valence-electron chi connectivity index (χ4n) is 3.21. The first-order valence-electron chi connectivity index (χ1n) is 10.8. The Morgan fingerprint density at radius 1 is 0.848 bits per heavy atom. The molecule has 0 aliphatic carbocycles. The van der Waals surface area contributed by atoms with E-state index in [4.69, 9.17) is 9.47 Å². The Labute approximate surface area is 194 Å². The van der Waals surface area contributed by atoms with Crippen molar-refractivity contribution >= 4 is 21.6 Å². The molecule has 0 saturated heterocycles. The van der Waals surface area contributed by atoms with Gasteiger partial charge in [-0.15, -0.1) is 0 Å². The molecule has 0 fully saturated rings. The highest BCUT2D eigenvalue weighted by Gasteiger charge is 2.15. The van der Waals surface area contributed by atoms with Crippen molar-refractivity contribution in [3.8, 4) is 11.5 Å². The second-order valence-electron chi connectivity index (χ2n) is 7.15. The SMILES string of the molecule is CCOc1ccc(CCNC(=O)c2cccc(NS(=O)(=O)c3ccccc3)c2)cc1OCC. The van der Waals surface area contributed by atoms with E-state index in [9.17, 15) is 13.2 Å². The zero-order valence-corrected chi connectivity index (χ0v) is 19.5. The summed E-state index contributed by atoms with van der Waals surface area (Å²) in [4.78, 5) is 12.8. The first-order valence-corrected chi connectivity index (χ1v) is 12.3. The third-order valence-corrected chi connectivity index (χ3v) is 6.13. The van der Waals surface area contributed by atoms with Crippen LogP contribution in [-0.2, 0) is 16.4 Å². The lowest BCUT2D eigenvalue weighted by Gasteiger charge is -2.13. The predicted octanol–water partition coefficient (Wildman–Crippen LogP) is 4.26. The van der Waals surface area contributed by atoms with Gasteiger partial charge < -0.3 is 14.8 Å². The van der Waals surface area contributed by atoms with Crippen LogP contribution in [-0.4, -0.2) is 34.1 Å². The Morgan fingerprint density at radius 3 is 2.30 bits per heavy atom. The van der Waals surface area contributed by atoms with E-state index in [0.29, 0.717) is 48.9 Å². The number of rotatable bonds is 11. The molecule has 0 unspecified atom stereocenters. The zero-order valence-electron chi connectivity index (χ0n) is 18.7. The summed E-state index contributed by atoms with van der Waals surface area (Å²) in [6, 6.07) is 20.2. The predicted molar refractivity (Wildman–Crippen MR) is 129 cm³/mol. The smallest absolute Gasteiger partial charge is 0.261 e. The molecular formula is C25H28N2O5S. The molecule has 8 heteroatoms. The van der Waals surface area contributed by atoms with E-state index in [2.05, 4.69) is 10.0 Å². The molecule has 0 saturated carbocycles. The van der Waals surface area contributed by atoms with E-state index in [1.807, 2.05) is 32.0 Å². The normalized spacial score (nSPS) is 11.0. The van der Waals surface area contributed by atoms with Crippen LogP contribution in [0.4, 0.5) is 5.69 Å². The number of anilines is 1. The topological polar surface area (TPSA) is 93.7 Å². The molecule has 0 aliphatic heterocycles. The molecule has 0 heterocycles. The molecule has 0 atom stereocenters. The van der Waals surface area contributed by atoms with Gasteiger partial charge in [-0.25, -0.2) is 8.42 Å². The molecular weight excluding hydrogens is 440 g/mol. The van der Waals surface area contributed by atoms with Crippen LogP contribution >= 0.6 is 0 Å². The number of carbonyl (C=O) groups is 1. The first-order chi connectivity index (χ1) is 15.9. The highest BCUT2D eigenvalue weighted by Crippen LogP contribution is 2.28. The highest BCUT2D eigenvalue weighted by atomic mass is 32.2. The molecule has 0 aromatic heterocycles. The Morgan fingerprint density at radius 2 is 1.58 bits per heavy atom. The molecule has 0 bridgehead atoms. The Bertz CT molecular complexity index is 1180. The summed E-state index contributed by atoms with van der Waals surface area (Å²) in [7, 11) is -3.73. The van der Waals surface area contributed by atoms with Gasteiger partial charge in [0.05, 0.1) is 18.1 Å². The average Bonchev–Trinajstić information content (AvgIpc) is 2.81. The van der Waals surface area contributed by atoms with Gasteiger partial charge in [-0.05, 0) is 68.3 Å². The summed E-state index contributed by atoms with van der Waals surface area (Å²) in [5.74, 6) is 1.09. The van der Waals surface area contributed by atoms with Crippen LogP contribution < -0.4 is 19.5 Å². The van der Waals surface area contributed by atoms with Gasteiger partial charge in [0.25, 0.3) is 15.9 Å². The average molecular weight is 469 g/mol. The van der Waals surface area contributed by atoms with E-state index in [0.717, 1.165) is 5.56 Å². The van der Waals surface area contributed by atoms with E-state index in [-0.39, 0.29) is 10.8 Å². The van der Waals surface area contributed by atoms with Gasteiger partial charge in [0.15, 0.2) is 11.5 Å². The lowest BCUT2D eigenvalue weighted by molar-refractivity contribution is 0.0954. The van der Waals surface area contributed by atoms with Gasteiger partial charge in [-0.3, -0.25) is 9.52 Å². The summed E-state index contributed by atoms with van der Waals surface area (Å²) >= 11 is 0. The van der Waals surface area contributed by atoms with Crippen LogP contribution in [0.25, 0.3) is 0 Å². The van der Waals surface area contributed by atoms with Crippen molar-refractivity contribution in [3.63, 3.8) is 0 Å². The number of hydrogen-bond acceptors (Lipinski definition) is 5. The maximum atomic E-state index is 12.6. The second kappa shape index (κ2) is 11.4. The van der Waals surface area contributed by atoms with E-state index in [1.54, 1.807) is 36.4 Å². The van der Waals surface area contributed by atoms with E-state index >= 15 is 0 Å². The Balaban J connectivity index is 1.61. The fourth-order valence-corrected chi connectivity index (χ4v) is 4.28. The third-order valence-electron chi connectivity index (χ3n) is 4.74. The summed E-state index contributed by atoms with van der Waals surface area (Å²) in [5, 5.41) is 2.87. The zero-order chi connectivity index (χ0) is 23.7. The van der Waals surface area contributed by atoms with Gasteiger partial charge in [0.1, 0.15) is 0 Å². The molecule has 3 aromatic rings. The summed E-state index contributed by atoms with van der Waals surface area (Å²) < 4.78 is 38.8. The largest absolute Gasteiger partial charge is 0.490 e. The van der Waals surface area contributed by atoms with Crippen LogP contribution in [0.2, 0.25) is 0 Å². The lowest BCUT2D eigenvalue weighted by Crippen LogP contribution is -2.25. The monoisotopic (exact) mass is 468 g/mol. The number of hydrogen-bond donors (Lipinski definition) is 2. The van der Waals surface area contributed by atoms with Gasteiger partial charge in [0.2, 0.25) is 0 Å². The van der Waals surface area contributed by atoms with Crippen molar-refractivity contribution in [2.24, 2.45) is 0 Å². The van der Waals surface area contributed by atoms with Crippen molar-refractivity contribution in [2.75, 3.05) is 24.5 Å². The maximum Gasteiger partial charge on any atom is 0.261 e. The van der Waals surface area contributed by atoms with Crippen molar-refractivity contribution in [2.45, 2.75) is 25.2 Å². The number of benzene rings is 3. The van der Waals surface area contributed by atoms with Gasteiger partial charge in [-0.2, -0.15) is 0 Å². The molecule has 0 radical (unpaired) electrons. The van der Waals surface area contributed by atoms with Crippen LogP contribution in [0.1, 0.15) is 29.8 Å². The second-order valence-corrected chi connectivity index (χ2v) is 8.83. The number of amides is 1. The van der Waals surface area contributed by atoms with Crippen LogP contribution in [0, 0.1) is 0 Å². The molecule has 33 heavy (non-hydrogen) atoms. The van der Waals surface area contributed by atoms with Crippen LogP contribution in [0.15, 0.2) is 77.7 Å². The molecule has 174 valence electrons. The molecule has 0 spiro atoms. The van der Waals surface area contributed by atoms with Crippen LogP contribution in [0.5, 0.6) is 11.5 Å². The van der Waals surface area contributed by atoms with Crippen molar-refractivity contribution in [3.05, 3.63) is 83.9 Å². The van der Waals surface area contributed by atoms with Crippen LogP contribution in [0.3, 0.4) is 0 Å². The number of sulfonamides is 1. The Kier molecular flexibility index (Phi) is 8.32. The molecule has 0 aliphatic rings. The maximum absolute atomic E-state index is 12.6. The first kappa shape index (κ1) is 24.1. The molecule has 2 N–H and O–H groups in total. The summed E-state index contributed by atoms with van der Waals surface area (Å²) in [6.45, 7) is 5.33. The summed E-state index contributed by atoms with van der Waals surface area (Å²) in [5.41, 5.74) is 1.69. The van der Waals surface area contributed by atoms with Crippen molar-refractivity contribution < 1.29 is 22.7 Å². The minimum atomic E-state index is -3.73. The van der Waals surface area contributed by atoms with E-state index < -0.39 is 10.0 Å². The third kappa shape index (κ3) is 6.73.